The number of rotatable bonds is 8. The number of carbonyl (C=O) groups is 1. The minimum Gasteiger partial charge on any atom is -0.490 e. The zero-order valence-corrected chi connectivity index (χ0v) is 16.6. The van der Waals surface area contributed by atoms with Gasteiger partial charge in [0.1, 0.15) is 11.6 Å². The molecule has 0 atom stereocenters. The van der Waals surface area contributed by atoms with Crippen LogP contribution >= 0.6 is 0 Å². The van der Waals surface area contributed by atoms with E-state index in [0.29, 0.717) is 48.1 Å². The number of ether oxygens (including phenoxy) is 2. The highest BCUT2D eigenvalue weighted by Gasteiger charge is 2.14. The molecule has 0 bridgehead atoms. The van der Waals surface area contributed by atoms with Gasteiger partial charge < -0.3 is 19.8 Å². The number of carbonyl (C=O) groups excluding carboxylic acids is 1. The summed E-state index contributed by atoms with van der Waals surface area (Å²) in [7, 11) is 0. The molecule has 1 aromatic carbocycles. The first-order valence-corrected chi connectivity index (χ1v) is 9.23. The van der Waals surface area contributed by atoms with E-state index in [-0.39, 0.29) is 17.9 Å². The lowest BCUT2D eigenvalue weighted by Crippen LogP contribution is -2.18. The van der Waals surface area contributed by atoms with Crippen molar-refractivity contribution in [1.82, 2.24) is 4.98 Å². The molecule has 0 aliphatic heterocycles. The molecule has 7 heteroatoms. The Morgan fingerprint density at radius 3 is 2.50 bits per heavy atom. The Morgan fingerprint density at radius 2 is 1.86 bits per heavy atom. The third-order valence-electron chi connectivity index (χ3n) is 4.35. The van der Waals surface area contributed by atoms with E-state index in [1.54, 1.807) is 32.0 Å². The largest absolute Gasteiger partial charge is 0.490 e. The van der Waals surface area contributed by atoms with Crippen LogP contribution in [0.4, 0.5) is 5.69 Å². The van der Waals surface area contributed by atoms with Crippen molar-refractivity contribution in [3.8, 4) is 17.6 Å². The fourth-order valence-electron chi connectivity index (χ4n) is 3.01. The first-order valence-electron chi connectivity index (χ1n) is 9.23. The molecule has 0 aliphatic rings. The fourth-order valence-corrected chi connectivity index (χ4v) is 3.01. The number of aromatic nitrogens is 1. The van der Waals surface area contributed by atoms with Crippen LogP contribution in [0.5, 0.6) is 11.5 Å². The highest BCUT2D eigenvalue weighted by atomic mass is 16.5. The van der Waals surface area contributed by atoms with Gasteiger partial charge in [-0.1, -0.05) is 0 Å². The second-order valence-electron chi connectivity index (χ2n) is 6.25. The number of aryl methyl sites for hydroxylation is 1. The van der Waals surface area contributed by atoms with Crippen LogP contribution in [-0.4, -0.2) is 24.1 Å². The van der Waals surface area contributed by atoms with Gasteiger partial charge in [0.25, 0.3) is 5.56 Å². The maximum atomic E-state index is 12.4. The monoisotopic (exact) mass is 383 g/mol. The molecule has 2 rings (SSSR count). The topological polar surface area (TPSA) is 104 Å². The van der Waals surface area contributed by atoms with E-state index in [1.807, 2.05) is 19.9 Å². The van der Waals surface area contributed by atoms with Gasteiger partial charge in [-0.2, -0.15) is 5.26 Å². The van der Waals surface area contributed by atoms with Crippen LogP contribution in [0.2, 0.25) is 0 Å². The van der Waals surface area contributed by atoms with Gasteiger partial charge in [-0.3, -0.25) is 9.59 Å². The lowest BCUT2D eigenvalue weighted by Gasteiger charge is -2.13. The molecule has 2 aromatic rings. The second-order valence-corrected chi connectivity index (χ2v) is 6.25. The van der Waals surface area contributed by atoms with E-state index in [1.165, 1.54) is 0 Å². The second kappa shape index (κ2) is 9.60. The normalized spacial score (nSPS) is 10.2. The first-order chi connectivity index (χ1) is 13.4. The predicted octanol–water partition coefficient (Wildman–Crippen LogP) is 3.23. The number of aromatic amines is 1. The maximum absolute atomic E-state index is 12.4. The van der Waals surface area contributed by atoms with E-state index < -0.39 is 5.56 Å². The summed E-state index contributed by atoms with van der Waals surface area (Å²) in [6.45, 7) is 8.28. The summed E-state index contributed by atoms with van der Waals surface area (Å²) in [5.74, 6) is 1.04. The number of nitriles is 1. The van der Waals surface area contributed by atoms with Gasteiger partial charge in [-0.15, -0.1) is 0 Å². The molecule has 28 heavy (non-hydrogen) atoms. The number of hydrogen-bond donors (Lipinski definition) is 2. The molecule has 0 saturated carbocycles. The van der Waals surface area contributed by atoms with Crippen LogP contribution in [-0.2, 0) is 11.2 Å². The number of anilines is 1. The molecule has 0 radical (unpaired) electrons. The van der Waals surface area contributed by atoms with Gasteiger partial charge in [0.15, 0.2) is 11.5 Å². The van der Waals surface area contributed by atoms with E-state index in [2.05, 4.69) is 10.3 Å². The number of H-pyrrole nitrogens is 1. The minimum atomic E-state index is -0.399. The number of benzene rings is 1. The molecule has 148 valence electrons. The first kappa shape index (κ1) is 21.0. The van der Waals surface area contributed by atoms with Gasteiger partial charge in [-0.05, 0) is 57.4 Å². The van der Waals surface area contributed by atoms with Gasteiger partial charge in [0.05, 0.1) is 13.2 Å². The van der Waals surface area contributed by atoms with Crippen molar-refractivity contribution in [1.29, 1.82) is 5.26 Å². The molecule has 1 aromatic heterocycles. The average Bonchev–Trinajstić information content (AvgIpc) is 2.64. The summed E-state index contributed by atoms with van der Waals surface area (Å²) in [6, 6.07) is 7.18. The lowest BCUT2D eigenvalue weighted by atomic mass is 9.99. The van der Waals surface area contributed by atoms with Crippen LogP contribution < -0.4 is 20.3 Å². The lowest BCUT2D eigenvalue weighted by molar-refractivity contribution is -0.116. The number of hydrogen-bond acceptors (Lipinski definition) is 5. The summed E-state index contributed by atoms with van der Waals surface area (Å²) in [5, 5.41) is 12.0. The number of nitrogens with zero attached hydrogens (tertiary/aromatic N) is 1. The van der Waals surface area contributed by atoms with Crippen LogP contribution in [0.1, 0.15) is 42.7 Å². The fraction of sp³-hybridized carbons (Fsp3) is 0.381. The van der Waals surface area contributed by atoms with Crippen molar-refractivity contribution in [2.45, 2.75) is 40.5 Å². The molecule has 0 fully saturated rings. The minimum absolute atomic E-state index is 0.0916. The summed E-state index contributed by atoms with van der Waals surface area (Å²) >= 11 is 0. The van der Waals surface area contributed by atoms with Crippen molar-refractivity contribution < 1.29 is 14.3 Å². The van der Waals surface area contributed by atoms with Gasteiger partial charge in [-0.25, -0.2) is 0 Å². The Balaban J connectivity index is 2.10. The van der Waals surface area contributed by atoms with E-state index in [0.717, 1.165) is 5.56 Å². The van der Waals surface area contributed by atoms with Gasteiger partial charge in [0, 0.05) is 23.9 Å². The van der Waals surface area contributed by atoms with Crippen LogP contribution in [0.15, 0.2) is 23.0 Å². The summed E-state index contributed by atoms with van der Waals surface area (Å²) < 4.78 is 11.1. The molecular weight excluding hydrogens is 358 g/mol. The van der Waals surface area contributed by atoms with E-state index in [9.17, 15) is 9.59 Å². The summed E-state index contributed by atoms with van der Waals surface area (Å²) in [6.07, 6.45) is 0.639. The van der Waals surface area contributed by atoms with E-state index in [4.69, 9.17) is 14.7 Å². The summed E-state index contributed by atoms with van der Waals surface area (Å²) in [4.78, 5) is 26.9. The molecule has 7 nitrogen and oxygen atoms in total. The van der Waals surface area contributed by atoms with Crippen LogP contribution in [0.25, 0.3) is 0 Å². The zero-order valence-electron chi connectivity index (χ0n) is 16.6. The van der Waals surface area contributed by atoms with Crippen LogP contribution in [0, 0.1) is 25.2 Å². The van der Waals surface area contributed by atoms with Crippen LogP contribution in [0.3, 0.4) is 0 Å². The Kier molecular flexibility index (Phi) is 7.21. The zero-order chi connectivity index (χ0) is 20.7. The molecule has 1 heterocycles. The molecule has 1 amide bonds. The maximum Gasteiger partial charge on any atom is 0.266 e. The van der Waals surface area contributed by atoms with Crippen molar-refractivity contribution in [2.24, 2.45) is 0 Å². The highest BCUT2D eigenvalue weighted by Crippen LogP contribution is 2.30. The van der Waals surface area contributed by atoms with Gasteiger partial charge in [0.2, 0.25) is 5.91 Å². The third-order valence-corrected chi connectivity index (χ3v) is 4.35. The Labute approximate surface area is 164 Å². The number of pyridine rings is 1. The van der Waals surface area contributed by atoms with E-state index >= 15 is 0 Å². The quantitative estimate of drug-likeness (QED) is 0.728. The third kappa shape index (κ3) is 4.92. The average molecular weight is 383 g/mol. The molecule has 0 unspecified atom stereocenters. The SMILES string of the molecule is CCOc1ccc(NC(=O)CCc2c(C)[nH]c(=O)c(C#N)c2C)cc1OCC. The standard InChI is InChI=1S/C21H25N3O4/c1-5-27-18-9-7-15(11-19(18)28-6-2)24-20(25)10-8-16-13(3)17(12-22)21(26)23-14(16)4/h7,9,11H,5-6,8,10H2,1-4H3,(H,23,26)(H,24,25). The molecular formula is C21H25N3O4. The van der Waals surface area contributed by atoms with Crippen molar-refractivity contribution >= 4 is 11.6 Å². The van der Waals surface area contributed by atoms with Crippen molar-refractivity contribution in [2.75, 3.05) is 18.5 Å². The Hall–Kier alpha value is -3.27. The molecule has 0 spiro atoms. The molecule has 0 saturated heterocycles. The highest BCUT2D eigenvalue weighted by molar-refractivity contribution is 5.91. The number of nitrogens with one attached hydrogen (secondary N) is 2. The van der Waals surface area contributed by atoms with Crippen molar-refractivity contribution in [3.63, 3.8) is 0 Å². The predicted molar refractivity (Wildman–Crippen MR) is 107 cm³/mol. The van der Waals surface area contributed by atoms with Gasteiger partial charge >= 0.3 is 0 Å². The Morgan fingerprint density at radius 1 is 1.18 bits per heavy atom. The summed E-state index contributed by atoms with van der Waals surface area (Å²) in [5.41, 5.74) is 2.42. The smallest absolute Gasteiger partial charge is 0.266 e. The molecule has 0 aliphatic carbocycles. The Bertz CT molecular complexity index is 957. The van der Waals surface area contributed by atoms with Crippen molar-refractivity contribution in [3.05, 3.63) is 50.9 Å². The number of amides is 1. The molecule has 2 N–H and O–H groups in total.